The average molecular weight is 309 g/mol. The molecular formula is C11H10F3NO4S. The van der Waals surface area contributed by atoms with Gasteiger partial charge in [-0.15, -0.1) is 0 Å². The Hall–Kier alpha value is -1.77. The van der Waals surface area contributed by atoms with Gasteiger partial charge in [0, 0.05) is 17.9 Å². The van der Waals surface area contributed by atoms with Gasteiger partial charge in [-0.2, -0.15) is 13.2 Å². The number of hydrogen-bond acceptors (Lipinski definition) is 5. The number of halogens is 3. The van der Waals surface area contributed by atoms with Gasteiger partial charge in [0.05, 0.1) is 17.1 Å². The number of ketones is 1. The van der Waals surface area contributed by atoms with Crippen molar-refractivity contribution >= 4 is 23.2 Å². The lowest BCUT2D eigenvalue weighted by Crippen LogP contribution is -2.09. The van der Waals surface area contributed by atoms with Gasteiger partial charge in [-0.3, -0.25) is 14.9 Å². The van der Waals surface area contributed by atoms with Crippen molar-refractivity contribution < 1.29 is 27.6 Å². The third kappa shape index (κ3) is 5.08. The van der Waals surface area contributed by atoms with Crippen molar-refractivity contribution in [3.8, 4) is 5.75 Å². The Morgan fingerprint density at radius 3 is 2.60 bits per heavy atom. The Morgan fingerprint density at radius 1 is 1.45 bits per heavy atom. The summed E-state index contributed by atoms with van der Waals surface area (Å²) in [4.78, 5) is 21.3. The molecule has 0 radical (unpaired) electrons. The molecule has 0 aliphatic heterocycles. The molecule has 0 amide bonds. The molecule has 0 heterocycles. The van der Waals surface area contributed by atoms with Gasteiger partial charge >= 0.3 is 5.51 Å². The van der Waals surface area contributed by atoms with Crippen molar-refractivity contribution in [1.82, 2.24) is 0 Å². The second kappa shape index (κ2) is 6.60. The van der Waals surface area contributed by atoms with Crippen LogP contribution in [0.2, 0.25) is 0 Å². The molecule has 1 aromatic carbocycles. The Balaban J connectivity index is 2.75. The number of benzene rings is 1. The first-order chi connectivity index (χ1) is 9.20. The monoisotopic (exact) mass is 309 g/mol. The first kappa shape index (κ1) is 16.3. The van der Waals surface area contributed by atoms with E-state index in [1.165, 1.54) is 13.0 Å². The van der Waals surface area contributed by atoms with Crippen molar-refractivity contribution in [2.45, 2.75) is 12.4 Å². The van der Waals surface area contributed by atoms with Crippen molar-refractivity contribution in [2.75, 3.05) is 12.4 Å². The number of nitrogens with zero attached hydrogens (tertiary/aromatic N) is 1. The zero-order valence-electron chi connectivity index (χ0n) is 10.3. The van der Waals surface area contributed by atoms with Crippen molar-refractivity contribution in [3.63, 3.8) is 0 Å². The van der Waals surface area contributed by atoms with E-state index in [9.17, 15) is 28.1 Å². The molecule has 0 saturated heterocycles. The number of alkyl halides is 3. The zero-order chi connectivity index (χ0) is 15.3. The number of nitro benzene ring substituents is 1. The number of rotatable bonds is 6. The lowest BCUT2D eigenvalue weighted by Gasteiger charge is -2.10. The highest BCUT2D eigenvalue weighted by atomic mass is 32.2. The van der Waals surface area contributed by atoms with E-state index in [4.69, 9.17) is 4.74 Å². The minimum atomic E-state index is -4.34. The van der Waals surface area contributed by atoms with E-state index < -0.39 is 16.2 Å². The standard InChI is InChI=1S/C11H10F3NO4S/c1-7(16)9-6-8(15(17)18)2-3-10(9)19-4-5-20-11(12,13)14/h2-3,6H,4-5H2,1H3. The summed E-state index contributed by atoms with van der Waals surface area (Å²) >= 11 is -0.243. The maximum absolute atomic E-state index is 11.9. The topological polar surface area (TPSA) is 69.4 Å². The summed E-state index contributed by atoms with van der Waals surface area (Å²) in [6.45, 7) is 0.929. The van der Waals surface area contributed by atoms with Gasteiger partial charge in [0.15, 0.2) is 5.78 Å². The molecule has 0 saturated carbocycles. The van der Waals surface area contributed by atoms with Crippen LogP contribution in [0.25, 0.3) is 0 Å². The molecule has 1 aromatic rings. The number of ether oxygens (including phenoxy) is 1. The molecule has 20 heavy (non-hydrogen) atoms. The predicted octanol–water partition coefficient (Wildman–Crippen LogP) is 3.43. The van der Waals surface area contributed by atoms with E-state index in [0.29, 0.717) is 0 Å². The number of carbonyl (C=O) groups is 1. The third-order valence-corrected chi connectivity index (χ3v) is 2.86. The highest BCUT2D eigenvalue weighted by Gasteiger charge is 2.27. The van der Waals surface area contributed by atoms with Gasteiger partial charge in [0.2, 0.25) is 0 Å². The van der Waals surface area contributed by atoms with E-state index in [-0.39, 0.29) is 41.1 Å². The van der Waals surface area contributed by atoms with Crippen LogP contribution in [0.15, 0.2) is 18.2 Å². The van der Waals surface area contributed by atoms with Crippen molar-refractivity contribution in [2.24, 2.45) is 0 Å². The summed E-state index contributed by atoms with van der Waals surface area (Å²) in [6, 6.07) is 3.36. The van der Waals surface area contributed by atoms with Crippen LogP contribution in [0.5, 0.6) is 5.75 Å². The van der Waals surface area contributed by atoms with Crippen molar-refractivity contribution in [3.05, 3.63) is 33.9 Å². The summed E-state index contributed by atoms with van der Waals surface area (Å²) in [5.41, 5.74) is -4.66. The van der Waals surface area contributed by atoms with Crippen LogP contribution in [0.4, 0.5) is 18.9 Å². The first-order valence-electron chi connectivity index (χ1n) is 5.33. The molecule has 0 aromatic heterocycles. The SMILES string of the molecule is CC(=O)c1cc([N+](=O)[O-])ccc1OCCSC(F)(F)F. The van der Waals surface area contributed by atoms with Gasteiger partial charge in [0.1, 0.15) is 5.75 Å². The largest absolute Gasteiger partial charge is 0.492 e. The number of thioether (sulfide) groups is 1. The molecular weight excluding hydrogens is 299 g/mol. The van der Waals surface area contributed by atoms with Crippen LogP contribution >= 0.6 is 11.8 Å². The van der Waals surface area contributed by atoms with E-state index in [0.717, 1.165) is 12.1 Å². The van der Waals surface area contributed by atoms with Gasteiger partial charge in [0.25, 0.3) is 5.69 Å². The number of Topliss-reactive ketones (excluding diaryl/α,β-unsaturated/α-hetero) is 1. The van der Waals surface area contributed by atoms with E-state index in [1.54, 1.807) is 0 Å². The normalized spacial score (nSPS) is 11.2. The molecule has 9 heteroatoms. The molecule has 110 valence electrons. The number of carbonyl (C=O) groups excluding carboxylic acids is 1. The Labute approximate surface area is 116 Å². The first-order valence-corrected chi connectivity index (χ1v) is 6.32. The Morgan fingerprint density at radius 2 is 2.10 bits per heavy atom. The zero-order valence-corrected chi connectivity index (χ0v) is 11.1. The van der Waals surface area contributed by atoms with E-state index in [1.807, 2.05) is 0 Å². The maximum Gasteiger partial charge on any atom is 0.441 e. The molecule has 0 unspecified atom stereocenters. The van der Waals surface area contributed by atoms with Gasteiger partial charge in [-0.25, -0.2) is 0 Å². The van der Waals surface area contributed by atoms with Crippen LogP contribution in [-0.4, -0.2) is 28.6 Å². The van der Waals surface area contributed by atoms with Crippen LogP contribution < -0.4 is 4.74 Å². The molecule has 0 bridgehead atoms. The Bertz CT molecular complexity index is 519. The minimum absolute atomic E-state index is 0.0313. The number of non-ortho nitro benzene ring substituents is 1. The predicted molar refractivity (Wildman–Crippen MR) is 67.1 cm³/mol. The molecule has 5 nitrogen and oxygen atoms in total. The molecule has 0 fully saturated rings. The molecule has 0 N–H and O–H groups in total. The fourth-order valence-electron chi connectivity index (χ4n) is 1.34. The third-order valence-electron chi connectivity index (χ3n) is 2.16. The fourth-order valence-corrected chi connectivity index (χ4v) is 1.74. The second-order valence-electron chi connectivity index (χ2n) is 3.64. The highest BCUT2D eigenvalue weighted by Crippen LogP contribution is 2.30. The molecule has 0 aliphatic rings. The van der Waals surface area contributed by atoms with Crippen LogP contribution in [0, 0.1) is 10.1 Å². The summed E-state index contributed by atoms with van der Waals surface area (Å²) in [5.74, 6) is -0.768. The summed E-state index contributed by atoms with van der Waals surface area (Å²) in [6.07, 6.45) is 0. The van der Waals surface area contributed by atoms with Gasteiger partial charge in [-0.05, 0) is 24.8 Å². The van der Waals surface area contributed by atoms with Gasteiger partial charge < -0.3 is 4.74 Å². The smallest absolute Gasteiger partial charge is 0.441 e. The molecule has 1 rings (SSSR count). The minimum Gasteiger partial charge on any atom is -0.492 e. The summed E-state index contributed by atoms with van der Waals surface area (Å²) in [5, 5.41) is 10.6. The second-order valence-corrected chi connectivity index (χ2v) is 4.80. The molecule has 0 spiro atoms. The quantitative estimate of drug-likeness (QED) is 0.348. The van der Waals surface area contributed by atoms with E-state index >= 15 is 0 Å². The average Bonchev–Trinajstić information content (AvgIpc) is 2.33. The Kier molecular flexibility index (Phi) is 5.37. The fraction of sp³-hybridized carbons (Fsp3) is 0.364. The molecule has 0 atom stereocenters. The maximum atomic E-state index is 11.9. The van der Waals surface area contributed by atoms with Crippen molar-refractivity contribution in [1.29, 1.82) is 0 Å². The summed E-state index contributed by atoms with van der Waals surface area (Å²) in [7, 11) is 0. The summed E-state index contributed by atoms with van der Waals surface area (Å²) < 4.78 is 40.8. The van der Waals surface area contributed by atoms with Crippen LogP contribution in [0.3, 0.4) is 0 Å². The lowest BCUT2D eigenvalue weighted by atomic mass is 10.1. The van der Waals surface area contributed by atoms with Crippen LogP contribution in [0.1, 0.15) is 17.3 Å². The van der Waals surface area contributed by atoms with Crippen LogP contribution in [-0.2, 0) is 0 Å². The number of nitro groups is 1. The molecule has 0 aliphatic carbocycles. The highest BCUT2D eigenvalue weighted by molar-refractivity contribution is 8.00. The van der Waals surface area contributed by atoms with E-state index in [2.05, 4.69) is 0 Å². The lowest BCUT2D eigenvalue weighted by molar-refractivity contribution is -0.384. The number of hydrogen-bond donors (Lipinski definition) is 0. The van der Waals surface area contributed by atoms with Gasteiger partial charge in [-0.1, -0.05) is 0 Å².